The maximum Gasteiger partial charge on any atom is 0.406 e. The largest absolute Gasteiger partial charge is 0.406 e. The van der Waals surface area contributed by atoms with E-state index >= 15 is 0 Å². The molecule has 1 aliphatic heterocycles. The van der Waals surface area contributed by atoms with E-state index in [0.29, 0.717) is 32.0 Å². The van der Waals surface area contributed by atoms with Gasteiger partial charge in [0.15, 0.2) is 5.16 Å². The Morgan fingerprint density at radius 3 is 2.52 bits per heavy atom. The first kappa shape index (κ1) is 22.8. The molecule has 2 heterocycles. The van der Waals surface area contributed by atoms with E-state index in [2.05, 4.69) is 15.5 Å². The Morgan fingerprint density at radius 1 is 1.29 bits per heavy atom. The van der Waals surface area contributed by atoms with Gasteiger partial charge in [-0.3, -0.25) is 19.5 Å². The minimum Gasteiger partial charge on any atom is -0.378 e. The van der Waals surface area contributed by atoms with Gasteiger partial charge in [0.2, 0.25) is 11.9 Å². The van der Waals surface area contributed by atoms with Crippen LogP contribution < -0.4 is 10.2 Å². The van der Waals surface area contributed by atoms with Gasteiger partial charge in [-0.2, -0.15) is 13.2 Å². The van der Waals surface area contributed by atoms with Crippen molar-refractivity contribution >= 4 is 35.0 Å². The Balaban J connectivity index is 1.73. The molecule has 10 nitrogen and oxygen atoms in total. The maximum absolute atomic E-state index is 13.2. The molecule has 1 atom stereocenters. The smallest absolute Gasteiger partial charge is 0.378 e. The monoisotopic (exact) mass is 460 g/mol. The van der Waals surface area contributed by atoms with Gasteiger partial charge in [0.25, 0.3) is 5.69 Å². The molecular formula is C17H19F3N6O4S. The summed E-state index contributed by atoms with van der Waals surface area (Å²) in [5.41, 5.74) is 0.199. The van der Waals surface area contributed by atoms with E-state index in [0.717, 1.165) is 16.3 Å². The van der Waals surface area contributed by atoms with E-state index in [1.165, 1.54) is 31.2 Å². The van der Waals surface area contributed by atoms with Crippen molar-refractivity contribution in [1.82, 2.24) is 14.8 Å². The number of anilines is 2. The van der Waals surface area contributed by atoms with Crippen LogP contribution in [0.1, 0.15) is 6.92 Å². The van der Waals surface area contributed by atoms with E-state index in [9.17, 15) is 28.1 Å². The van der Waals surface area contributed by atoms with Crippen molar-refractivity contribution in [2.24, 2.45) is 0 Å². The van der Waals surface area contributed by atoms with E-state index in [1.54, 1.807) is 4.90 Å². The molecular weight excluding hydrogens is 441 g/mol. The fourth-order valence-electron chi connectivity index (χ4n) is 2.81. The lowest BCUT2D eigenvalue weighted by Gasteiger charge is -2.28. The number of nitro benzene ring substituents is 1. The van der Waals surface area contributed by atoms with Gasteiger partial charge in [-0.1, -0.05) is 11.8 Å². The van der Waals surface area contributed by atoms with E-state index in [-0.39, 0.29) is 16.8 Å². The summed E-state index contributed by atoms with van der Waals surface area (Å²) in [5.74, 6) is -0.417. The zero-order valence-corrected chi connectivity index (χ0v) is 17.1. The number of thioether (sulfide) groups is 1. The number of carbonyl (C=O) groups is 1. The first-order chi connectivity index (χ1) is 14.6. The molecule has 1 unspecified atom stereocenters. The summed E-state index contributed by atoms with van der Waals surface area (Å²) in [6.07, 6.45) is -4.50. The molecule has 1 aliphatic rings. The third kappa shape index (κ3) is 6.07. The lowest BCUT2D eigenvalue weighted by molar-refractivity contribution is -0.384. The lowest BCUT2D eigenvalue weighted by atomic mass is 10.3. The number of morpholine rings is 1. The Kier molecular flexibility index (Phi) is 7.00. The minimum atomic E-state index is -4.50. The molecule has 1 saturated heterocycles. The number of benzene rings is 1. The number of carbonyl (C=O) groups excluding carboxylic acids is 1. The average molecular weight is 460 g/mol. The number of hydrogen-bond acceptors (Lipinski definition) is 8. The Hall–Kier alpha value is -2.87. The second kappa shape index (κ2) is 9.51. The van der Waals surface area contributed by atoms with Gasteiger partial charge >= 0.3 is 6.18 Å². The number of nitrogens with zero attached hydrogens (tertiary/aromatic N) is 5. The van der Waals surface area contributed by atoms with Crippen LogP contribution in [0, 0.1) is 10.1 Å². The van der Waals surface area contributed by atoms with E-state index in [4.69, 9.17) is 4.74 Å². The van der Waals surface area contributed by atoms with Gasteiger partial charge in [-0.05, 0) is 19.1 Å². The Labute approximate surface area is 178 Å². The third-order valence-corrected chi connectivity index (χ3v) is 5.41. The molecule has 0 radical (unpaired) electrons. The summed E-state index contributed by atoms with van der Waals surface area (Å²) >= 11 is 0.842. The van der Waals surface area contributed by atoms with Crippen molar-refractivity contribution in [2.45, 2.75) is 30.1 Å². The molecule has 1 fully saturated rings. The van der Waals surface area contributed by atoms with Gasteiger partial charge < -0.3 is 15.0 Å². The standard InChI is InChI=1S/C17H19F3N6O4S/c1-11(14(27)21-12-2-4-13(5-3-12)26(28)29)31-16-23-22-15(24-6-8-30-9-7-24)25(16)10-17(18,19)20/h2-5,11H,6-10H2,1H3,(H,21,27). The number of halogens is 3. The zero-order valence-electron chi connectivity index (χ0n) is 16.3. The third-order valence-electron chi connectivity index (χ3n) is 4.33. The quantitative estimate of drug-likeness (QED) is 0.381. The molecule has 1 aromatic carbocycles. The van der Waals surface area contributed by atoms with Crippen molar-refractivity contribution in [3.63, 3.8) is 0 Å². The summed E-state index contributed by atoms with van der Waals surface area (Å²) in [5, 5.41) is 20.2. The maximum atomic E-state index is 13.2. The summed E-state index contributed by atoms with van der Waals surface area (Å²) in [6, 6.07) is 5.22. The summed E-state index contributed by atoms with van der Waals surface area (Å²) < 4.78 is 45.7. The van der Waals surface area contributed by atoms with E-state index < -0.39 is 28.8 Å². The predicted octanol–water partition coefficient (Wildman–Crippen LogP) is 2.70. The minimum absolute atomic E-state index is 0.0369. The van der Waals surface area contributed by atoms with Crippen molar-refractivity contribution < 1.29 is 27.6 Å². The highest BCUT2D eigenvalue weighted by molar-refractivity contribution is 8.00. The number of nitrogens with one attached hydrogen (secondary N) is 1. The highest BCUT2D eigenvalue weighted by atomic mass is 32.2. The summed E-state index contributed by atoms with van der Waals surface area (Å²) in [6.45, 7) is 1.75. The van der Waals surface area contributed by atoms with Crippen LogP contribution >= 0.6 is 11.8 Å². The molecule has 1 aromatic heterocycles. The van der Waals surface area contributed by atoms with Crippen LogP contribution in [-0.4, -0.2) is 63.3 Å². The first-order valence-electron chi connectivity index (χ1n) is 9.18. The second-order valence-electron chi connectivity index (χ2n) is 6.64. The fraction of sp³-hybridized carbons (Fsp3) is 0.471. The molecule has 1 N–H and O–H groups in total. The number of rotatable bonds is 7. The first-order valence-corrected chi connectivity index (χ1v) is 10.1. The highest BCUT2D eigenvalue weighted by Gasteiger charge is 2.33. The van der Waals surface area contributed by atoms with Gasteiger partial charge in [0, 0.05) is 30.9 Å². The molecule has 0 spiro atoms. The van der Waals surface area contributed by atoms with Gasteiger partial charge in [0.1, 0.15) is 6.54 Å². The topological polar surface area (TPSA) is 115 Å². The van der Waals surface area contributed by atoms with Crippen LogP contribution in [0.25, 0.3) is 0 Å². The van der Waals surface area contributed by atoms with Gasteiger partial charge in [-0.25, -0.2) is 0 Å². The fourth-order valence-corrected chi connectivity index (χ4v) is 3.65. The van der Waals surface area contributed by atoms with Crippen molar-refractivity contribution in [3.8, 4) is 0 Å². The molecule has 2 aromatic rings. The van der Waals surface area contributed by atoms with Crippen LogP contribution in [-0.2, 0) is 16.1 Å². The molecule has 1 amide bonds. The highest BCUT2D eigenvalue weighted by Crippen LogP contribution is 2.30. The summed E-state index contributed by atoms with van der Waals surface area (Å²) in [7, 11) is 0. The molecule has 0 aliphatic carbocycles. The van der Waals surface area contributed by atoms with Crippen LogP contribution in [0.2, 0.25) is 0 Å². The van der Waals surface area contributed by atoms with Gasteiger partial charge in [-0.15, -0.1) is 10.2 Å². The Bertz CT molecular complexity index is 931. The van der Waals surface area contributed by atoms with Crippen LogP contribution in [0.3, 0.4) is 0 Å². The predicted molar refractivity (Wildman–Crippen MR) is 106 cm³/mol. The summed E-state index contributed by atoms with van der Waals surface area (Å²) in [4.78, 5) is 24.3. The number of hydrogen-bond donors (Lipinski definition) is 1. The molecule has 0 bridgehead atoms. The molecule has 168 valence electrons. The molecule has 14 heteroatoms. The van der Waals surface area contributed by atoms with Crippen LogP contribution in [0.15, 0.2) is 29.4 Å². The number of ether oxygens (including phenoxy) is 1. The molecule has 3 rings (SSSR count). The van der Waals surface area contributed by atoms with Crippen molar-refractivity contribution in [2.75, 3.05) is 36.5 Å². The number of nitro groups is 1. The molecule has 31 heavy (non-hydrogen) atoms. The zero-order chi connectivity index (χ0) is 22.6. The second-order valence-corrected chi connectivity index (χ2v) is 7.94. The normalized spacial score (nSPS) is 15.5. The number of aromatic nitrogens is 3. The van der Waals surface area contributed by atoms with E-state index in [1.807, 2.05) is 0 Å². The average Bonchev–Trinajstić information content (AvgIpc) is 3.09. The Morgan fingerprint density at radius 2 is 1.94 bits per heavy atom. The number of non-ortho nitro benzene ring substituents is 1. The van der Waals surface area contributed by atoms with Crippen LogP contribution in [0.5, 0.6) is 0 Å². The lowest BCUT2D eigenvalue weighted by Crippen LogP contribution is -2.38. The van der Waals surface area contributed by atoms with Crippen molar-refractivity contribution in [1.29, 1.82) is 0 Å². The van der Waals surface area contributed by atoms with Crippen molar-refractivity contribution in [3.05, 3.63) is 34.4 Å². The van der Waals surface area contributed by atoms with Crippen LogP contribution in [0.4, 0.5) is 30.5 Å². The number of amides is 1. The van der Waals surface area contributed by atoms with Gasteiger partial charge in [0.05, 0.1) is 23.4 Å². The number of alkyl halides is 3. The molecule has 0 saturated carbocycles. The SMILES string of the molecule is CC(Sc1nnc(N2CCOCC2)n1CC(F)(F)F)C(=O)Nc1ccc([N+](=O)[O-])cc1.